The van der Waals surface area contributed by atoms with E-state index in [-0.39, 0.29) is 0 Å². The molecule has 3 heteroatoms. The summed E-state index contributed by atoms with van der Waals surface area (Å²) >= 11 is 0. The lowest BCUT2D eigenvalue weighted by Crippen LogP contribution is -2.32. The molecule has 0 aliphatic carbocycles. The second-order valence-electron chi connectivity index (χ2n) is 4.09. The van der Waals surface area contributed by atoms with Gasteiger partial charge < -0.3 is 14.8 Å². The van der Waals surface area contributed by atoms with Crippen LogP contribution in [0.4, 0.5) is 0 Å². The second kappa shape index (κ2) is 8.09. The van der Waals surface area contributed by atoms with Gasteiger partial charge >= 0.3 is 0 Å². The lowest BCUT2D eigenvalue weighted by Gasteiger charge is -2.17. The molecule has 0 amide bonds. The first kappa shape index (κ1) is 14.0. The highest BCUT2D eigenvalue weighted by atomic mass is 16.5. The first-order valence-corrected chi connectivity index (χ1v) is 6.15. The predicted octanol–water partition coefficient (Wildman–Crippen LogP) is 2.25. The van der Waals surface area contributed by atoms with Crippen molar-refractivity contribution >= 4 is 0 Å². The zero-order valence-electron chi connectivity index (χ0n) is 11.0. The van der Waals surface area contributed by atoms with Gasteiger partial charge in [0, 0.05) is 19.8 Å². The van der Waals surface area contributed by atoms with Gasteiger partial charge in [0.1, 0.15) is 5.75 Å². The minimum atomic E-state index is 0.465. The molecular weight excluding hydrogens is 214 g/mol. The van der Waals surface area contributed by atoms with Gasteiger partial charge in [-0.05, 0) is 37.1 Å². The second-order valence-corrected chi connectivity index (χ2v) is 4.09. The normalized spacial score (nSPS) is 12.4. The van der Waals surface area contributed by atoms with Crippen LogP contribution in [0.5, 0.6) is 5.75 Å². The zero-order chi connectivity index (χ0) is 12.5. The monoisotopic (exact) mass is 237 g/mol. The molecule has 0 aromatic heterocycles. The fourth-order valence-electron chi connectivity index (χ4n) is 1.91. The first-order chi connectivity index (χ1) is 8.30. The van der Waals surface area contributed by atoms with Gasteiger partial charge in [0.25, 0.3) is 0 Å². The van der Waals surface area contributed by atoms with E-state index in [9.17, 15) is 0 Å². The smallest absolute Gasteiger partial charge is 0.119 e. The maximum absolute atomic E-state index is 5.23. The van der Waals surface area contributed by atoms with Crippen LogP contribution in [0.3, 0.4) is 0 Å². The minimum absolute atomic E-state index is 0.465. The molecule has 0 aliphatic rings. The number of likely N-dealkylation sites (N-methyl/N-ethyl adjacent to an activating group) is 1. The summed E-state index contributed by atoms with van der Waals surface area (Å²) < 4.78 is 10.4. The Balaban J connectivity index is 2.57. The predicted molar refractivity (Wildman–Crippen MR) is 70.7 cm³/mol. The van der Waals surface area contributed by atoms with Crippen molar-refractivity contribution < 1.29 is 9.47 Å². The van der Waals surface area contributed by atoms with Gasteiger partial charge in [0.05, 0.1) is 7.11 Å². The lowest BCUT2D eigenvalue weighted by atomic mass is 10.0. The molecule has 96 valence electrons. The molecule has 0 aliphatic heterocycles. The third kappa shape index (κ3) is 5.20. The Morgan fingerprint density at radius 3 is 2.76 bits per heavy atom. The summed E-state index contributed by atoms with van der Waals surface area (Å²) in [5.41, 5.74) is 1.30. The van der Waals surface area contributed by atoms with Crippen LogP contribution >= 0.6 is 0 Å². The summed E-state index contributed by atoms with van der Waals surface area (Å²) in [6.45, 7) is 3.91. The Kier molecular flexibility index (Phi) is 6.67. The average Bonchev–Trinajstić information content (AvgIpc) is 2.36. The van der Waals surface area contributed by atoms with Crippen molar-refractivity contribution in [2.24, 2.45) is 0 Å². The molecule has 0 heterocycles. The van der Waals surface area contributed by atoms with Crippen molar-refractivity contribution in [2.45, 2.75) is 25.8 Å². The summed E-state index contributed by atoms with van der Waals surface area (Å²) in [4.78, 5) is 0. The highest BCUT2D eigenvalue weighted by Gasteiger charge is 2.08. The number of hydrogen-bond donors (Lipinski definition) is 1. The third-order valence-corrected chi connectivity index (χ3v) is 2.78. The number of benzene rings is 1. The van der Waals surface area contributed by atoms with E-state index < -0.39 is 0 Å². The van der Waals surface area contributed by atoms with Gasteiger partial charge in [0.2, 0.25) is 0 Å². The molecule has 17 heavy (non-hydrogen) atoms. The molecule has 0 bridgehead atoms. The molecule has 1 aromatic rings. The number of nitrogens with one attached hydrogen (secondary N) is 1. The number of hydrogen-bond acceptors (Lipinski definition) is 3. The van der Waals surface area contributed by atoms with Gasteiger partial charge in [-0.2, -0.15) is 0 Å². The summed E-state index contributed by atoms with van der Waals surface area (Å²) in [5, 5.41) is 3.48. The molecule has 0 spiro atoms. The Morgan fingerprint density at radius 1 is 1.29 bits per heavy atom. The van der Waals surface area contributed by atoms with Gasteiger partial charge in [-0.25, -0.2) is 0 Å². The van der Waals surface area contributed by atoms with Crippen LogP contribution < -0.4 is 10.1 Å². The largest absolute Gasteiger partial charge is 0.497 e. The maximum Gasteiger partial charge on any atom is 0.119 e. The van der Waals surface area contributed by atoms with E-state index in [4.69, 9.17) is 9.47 Å². The van der Waals surface area contributed by atoms with E-state index in [0.29, 0.717) is 6.04 Å². The molecule has 0 saturated carbocycles. The molecular formula is C14H23NO2. The Morgan fingerprint density at radius 2 is 2.12 bits per heavy atom. The SMILES string of the molecule is CCNC(CCOC)Cc1cccc(OC)c1. The van der Waals surface area contributed by atoms with Gasteiger partial charge in [-0.15, -0.1) is 0 Å². The van der Waals surface area contributed by atoms with E-state index in [0.717, 1.165) is 31.7 Å². The summed E-state index contributed by atoms with van der Waals surface area (Å²) in [5.74, 6) is 0.921. The molecule has 1 rings (SSSR count). The van der Waals surface area contributed by atoms with Crippen molar-refractivity contribution in [3.63, 3.8) is 0 Å². The quantitative estimate of drug-likeness (QED) is 0.752. The summed E-state index contributed by atoms with van der Waals surface area (Å²) in [6, 6.07) is 8.71. The molecule has 1 unspecified atom stereocenters. The van der Waals surface area contributed by atoms with Gasteiger partial charge in [-0.1, -0.05) is 19.1 Å². The van der Waals surface area contributed by atoms with Crippen molar-refractivity contribution in [3.8, 4) is 5.75 Å². The molecule has 0 saturated heterocycles. The molecule has 1 atom stereocenters. The van der Waals surface area contributed by atoms with Crippen molar-refractivity contribution in [1.29, 1.82) is 0 Å². The van der Waals surface area contributed by atoms with E-state index >= 15 is 0 Å². The van der Waals surface area contributed by atoms with Gasteiger partial charge in [-0.3, -0.25) is 0 Å². The lowest BCUT2D eigenvalue weighted by molar-refractivity contribution is 0.183. The van der Waals surface area contributed by atoms with E-state index in [2.05, 4.69) is 24.4 Å². The molecule has 1 aromatic carbocycles. The van der Waals surface area contributed by atoms with E-state index in [1.165, 1.54) is 5.56 Å². The Labute approximate surface area is 104 Å². The first-order valence-electron chi connectivity index (χ1n) is 6.15. The van der Waals surface area contributed by atoms with Crippen LogP contribution in [0.25, 0.3) is 0 Å². The molecule has 0 fully saturated rings. The fraction of sp³-hybridized carbons (Fsp3) is 0.571. The number of rotatable bonds is 8. The number of methoxy groups -OCH3 is 2. The van der Waals surface area contributed by atoms with Crippen molar-refractivity contribution in [1.82, 2.24) is 5.32 Å². The maximum atomic E-state index is 5.23. The van der Waals surface area contributed by atoms with Crippen LogP contribution in [-0.4, -0.2) is 33.4 Å². The molecule has 0 radical (unpaired) electrons. The van der Waals surface area contributed by atoms with Crippen LogP contribution in [0.15, 0.2) is 24.3 Å². The van der Waals surface area contributed by atoms with Crippen LogP contribution in [0.1, 0.15) is 18.9 Å². The zero-order valence-corrected chi connectivity index (χ0v) is 11.0. The van der Waals surface area contributed by atoms with Crippen LogP contribution in [0.2, 0.25) is 0 Å². The molecule has 1 N–H and O–H groups in total. The Bertz CT molecular complexity index is 315. The van der Waals surface area contributed by atoms with Gasteiger partial charge in [0.15, 0.2) is 0 Å². The fourth-order valence-corrected chi connectivity index (χ4v) is 1.91. The Hall–Kier alpha value is -1.06. The van der Waals surface area contributed by atoms with Crippen LogP contribution in [-0.2, 0) is 11.2 Å². The van der Waals surface area contributed by atoms with E-state index in [1.54, 1.807) is 14.2 Å². The van der Waals surface area contributed by atoms with Crippen LogP contribution in [0, 0.1) is 0 Å². The topological polar surface area (TPSA) is 30.5 Å². The third-order valence-electron chi connectivity index (χ3n) is 2.78. The van der Waals surface area contributed by atoms with Crippen molar-refractivity contribution in [3.05, 3.63) is 29.8 Å². The minimum Gasteiger partial charge on any atom is -0.497 e. The number of ether oxygens (including phenoxy) is 2. The highest BCUT2D eigenvalue weighted by Crippen LogP contribution is 2.14. The standard InChI is InChI=1S/C14H23NO2/c1-4-15-13(8-9-16-2)10-12-6-5-7-14(11-12)17-3/h5-7,11,13,15H,4,8-10H2,1-3H3. The van der Waals surface area contributed by atoms with E-state index in [1.807, 2.05) is 12.1 Å². The van der Waals surface area contributed by atoms with Crippen molar-refractivity contribution in [2.75, 3.05) is 27.4 Å². The summed E-state index contributed by atoms with van der Waals surface area (Å²) in [6.07, 6.45) is 2.04. The summed E-state index contributed by atoms with van der Waals surface area (Å²) in [7, 11) is 3.44. The highest BCUT2D eigenvalue weighted by molar-refractivity contribution is 5.28. The average molecular weight is 237 g/mol. The molecule has 3 nitrogen and oxygen atoms in total.